The molecule has 27 heavy (non-hydrogen) atoms. The molecule has 2 aromatic rings. The van der Waals surface area contributed by atoms with Crippen LogP contribution in [0.3, 0.4) is 0 Å². The van der Waals surface area contributed by atoms with Gasteiger partial charge in [0.1, 0.15) is 5.60 Å². The third kappa shape index (κ3) is 4.84. The zero-order valence-corrected chi connectivity index (χ0v) is 16.4. The van der Waals surface area contributed by atoms with E-state index >= 15 is 0 Å². The normalized spacial score (nSPS) is 17.4. The van der Waals surface area contributed by atoms with Crippen molar-refractivity contribution in [1.82, 2.24) is 24.6 Å². The standard InChI is InChI=1S/C19H26N6O2/c1-13-10-14(7-9-25(13)18(26)27-19(2,3)4)16-6-8-20-17(23-16)22-15-11-21-24(5)12-15/h6,8,10-13H,7,9H2,1-5H3,(H,20,22,23). The van der Waals surface area contributed by atoms with Crippen LogP contribution in [-0.2, 0) is 11.8 Å². The smallest absolute Gasteiger partial charge is 0.410 e. The highest BCUT2D eigenvalue weighted by atomic mass is 16.6. The van der Waals surface area contributed by atoms with Gasteiger partial charge in [-0.2, -0.15) is 5.10 Å². The van der Waals surface area contributed by atoms with Crippen molar-refractivity contribution in [1.29, 1.82) is 0 Å². The summed E-state index contributed by atoms with van der Waals surface area (Å²) in [5.74, 6) is 0.517. The van der Waals surface area contributed by atoms with Gasteiger partial charge in [0.25, 0.3) is 0 Å². The monoisotopic (exact) mass is 370 g/mol. The molecule has 0 aromatic carbocycles. The highest BCUT2D eigenvalue weighted by molar-refractivity contribution is 5.73. The van der Waals surface area contributed by atoms with Gasteiger partial charge >= 0.3 is 6.09 Å². The maximum absolute atomic E-state index is 12.4. The van der Waals surface area contributed by atoms with Crippen molar-refractivity contribution in [3.63, 3.8) is 0 Å². The maximum Gasteiger partial charge on any atom is 0.410 e. The van der Waals surface area contributed by atoms with Gasteiger partial charge in [-0.3, -0.25) is 4.68 Å². The third-order valence-corrected chi connectivity index (χ3v) is 4.13. The Kier molecular flexibility index (Phi) is 5.16. The minimum absolute atomic E-state index is 0.0618. The average molecular weight is 370 g/mol. The van der Waals surface area contributed by atoms with Crippen LogP contribution < -0.4 is 5.32 Å². The Labute approximate surface area is 159 Å². The summed E-state index contributed by atoms with van der Waals surface area (Å²) in [6.45, 7) is 8.20. The SMILES string of the molecule is CC1C=C(c2ccnc(Nc3cnn(C)c3)n2)CCN1C(=O)OC(C)(C)C. The van der Waals surface area contributed by atoms with Crippen LogP contribution in [0.1, 0.15) is 39.8 Å². The van der Waals surface area contributed by atoms with Gasteiger partial charge in [-0.05, 0) is 45.8 Å². The molecular weight excluding hydrogens is 344 g/mol. The topological polar surface area (TPSA) is 85.2 Å². The summed E-state index contributed by atoms with van der Waals surface area (Å²) in [5, 5.41) is 7.27. The predicted octanol–water partition coefficient (Wildman–Crippen LogP) is 3.37. The molecule has 144 valence electrons. The van der Waals surface area contributed by atoms with E-state index in [1.807, 2.05) is 47.0 Å². The van der Waals surface area contributed by atoms with Gasteiger partial charge in [-0.25, -0.2) is 14.8 Å². The maximum atomic E-state index is 12.4. The lowest BCUT2D eigenvalue weighted by molar-refractivity contribution is 0.0209. The van der Waals surface area contributed by atoms with Gasteiger partial charge < -0.3 is 15.0 Å². The second kappa shape index (κ2) is 7.38. The number of nitrogens with zero attached hydrogens (tertiary/aromatic N) is 5. The molecule has 2 aromatic heterocycles. The lowest BCUT2D eigenvalue weighted by atomic mass is 10.0. The van der Waals surface area contributed by atoms with E-state index in [1.165, 1.54) is 0 Å². The Balaban J connectivity index is 1.73. The van der Waals surface area contributed by atoms with Crippen molar-refractivity contribution in [2.45, 2.75) is 45.8 Å². The summed E-state index contributed by atoms with van der Waals surface area (Å²) >= 11 is 0. The van der Waals surface area contributed by atoms with Crippen LogP contribution in [0.25, 0.3) is 5.57 Å². The first kappa shape index (κ1) is 18.9. The molecule has 3 rings (SSSR count). The summed E-state index contributed by atoms with van der Waals surface area (Å²) in [7, 11) is 1.85. The van der Waals surface area contributed by atoms with Crippen LogP contribution in [0.4, 0.5) is 16.4 Å². The fourth-order valence-corrected chi connectivity index (χ4v) is 2.91. The molecule has 8 nitrogen and oxygen atoms in total. The Morgan fingerprint density at radius 2 is 2.15 bits per heavy atom. The highest BCUT2D eigenvalue weighted by Crippen LogP contribution is 2.26. The second-order valence-corrected chi connectivity index (χ2v) is 7.65. The molecule has 0 saturated heterocycles. The van der Waals surface area contributed by atoms with Gasteiger partial charge in [0, 0.05) is 26.0 Å². The molecule has 0 fully saturated rings. The zero-order valence-electron chi connectivity index (χ0n) is 16.4. The van der Waals surface area contributed by atoms with Crippen LogP contribution in [0, 0.1) is 0 Å². The van der Waals surface area contributed by atoms with Crippen molar-refractivity contribution >= 4 is 23.3 Å². The van der Waals surface area contributed by atoms with Gasteiger partial charge in [-0.1, -0.05) is 6.08 Å². The number of carbonyl (C=O) groups excluding carboxylic acids is 1. The number of anilines is 2. The Morgan fingerprint density at radius 3 is 2.78 bits per heavy atom. The summed E-state index contributed by atoms with van der Waals surface area (Å²) < 4.78 is 7.20. The van der Waals surface area contributed by atoms with Crippen molar-refractivity contribution in [3.05, 3.63) is 36.4 Å². The van der Waals surface area contributed by atoms with Gasteiger partial charge in [-0.15, -0.1) is 0 Å². The number of carbonyl (C=O) groups is 1. The Hall–Kier alpha value is -2.90. The molecule has 3 heterocycles. The molecule has 1 aliphatic heterocycles. The fraction of sp³-hybridized carbons (Fsp3) is 0.474. The summed E-state index contributed by atoms with van der Waals surface area (Å²) in [6, 6.07) is 1.82. The van der Waals surface area contributed by atoms with E-state index < -0.39 is 5.60 Å². The lowest BCUT2D eigenvalue weighted by Gasteiger charge is -2.33. The zero-order chi connectivity index (χ0) is 19.6. The van der Waals surface area contributed by atoms with E-state index in [2.05, 4.69) is 26.5 Å². The number of rotatable bonds is 3. The minimum Gasteiger partial charge on any atom is -0.444 e. The lowest BCUT2D eigenvalue weighted by Crippen LogP contribution is -2.43. The van der Waals surface area contributed by atoms with Gasteiger partial charge in [0.2, 0.25) is 5.95 Å². The number of hydrogen-bond donors (Lipinski definition) is 1. The number of hydrogen-bond acceptors (Lipinski definition) is 6. The Morgan fingerprint density at radius 1 is 1.37 bits per heavy atom. The number of nitrogens with one attached hydrogen (secondary N) is 1. The van der Waals surface area contributed by atoms with Crippen LogP contribution >= 0.6 is 0 Å². The molecule has 0 spiro atoms. The van der Waals surface area contributed by atoms with E-state index in [9.17, 15) is 4.79 Å². The number of amides is 1. The van der Waals surface area contributed by atoms with Gasteiger partial charge in [0.05, 0.1) is 23.6 Å². The minimum atomic E-state index is -0.500. The number of aryl methyl sites for hydroxylation is 1. The molecule has 0 radical (unpaired) electrons. The fourth-order valence-electron chi connectivity index (χ4n) is 2.91. The molecule has 8 heteroatoms. The van der Waals surface area contributed by atoms with E-state index in [-0.39, 0.29) is 12.1 Å². The van der Waals surface area contributed by atoms with Crippen LogP contribution in [-0.4, -0.2) is 48.9 Å². The molecule has 0 saturated carbocycles. The van der Waals surface area contributed by atoms with E-state index in [0.717, 1.165) is 17.0 Å². The predicted molar refractivity (Wildman–Crippen MR) is 104 cm³/mol. The molecule has 1 amide bonds. The number of ether oxygens (including phenoxy) is 1. The van der Waals surface area contributed by atoms with Crippen LogP contribution in [0.15, 0.2) is 30.7 Å². The summed E-state index contributed by atoms with van der Waals surface area (Å²) in [5.41, 5.74) is 2.28. The summed E-state index contributed by atoms with van der Waals surface area (Å²) in [6.07, 6.45) is 7.79. The average Bonchev–Trinajstić information content (AvgIpc) is 2.98. The van der Waals surface area contributed by atoms with Crippen molar-refractivity contribution in [2.75, 3.05) is 11.9 Å². The van der Waals surface area contributed by atoms with Crippen LogP contribution in [0.5, 0.6) is 0 Å². The molecule has 1 N–H and O–H groups in total. The van der Waals surface area contributed by atoms with Crippen molar-refractivity contribution in [3.8, 4) is 0 Å². The van der Waals surface area contributed by atoms with Gasteiger partial charge in [0.15, 0.2) is 0 Å². The molecular formula is C19H26N6O2. The van der Waals surface area contributed by atoms with Crippen LogP contribution in [0.2, 0.25) is 0 Å². The van der Waals surface area contributed by atoms with Crippen molar-refractivity contribution in [2.24, 2.45) is 7.05 Å². The second-order valence-electron chi connectivity index (χ2n) is 7.65. The van der Waals surface area contributed by atoms with Crippen molar-refractivity contribution < 1.29 is 9.53 Å². The quantitative estimate of drug-likeness (QED) is 0.892. The van der Waals surface area contributed by atoms with E-state index in [0.29, 0.717) is 18.9 Å². The first-order chi connectivity index (χ1) is 12.7. The number of aromatic nitrogens is 4. The molecule has 0 aliphatic carbocycles. The summed E-state index contributed by atoms with van der Waals surface area (Å²) in [4.78, 5) is 23.0. The molecule has 0 bridgehead atoms. The first-order valence-corrected chi connectivity index (χ1v) is 9.01. The molecule has 1 atom stereocenters. The molecule has 1 unspecified atom stereocenters. The Bertz CT molecular complexity index is 852. The highest BCUT2D eigenvalue weighted by Gasteiger charge is 2.28. The first-order valence-electron chi connectivity index (χ1n) is 9.01. The van der Waals surface area contributed by atoms with E-state index in [1.54, 1.807) is 22.0 Å². The van der Waals surface area contributed by atoms with E-state index in [4.69, 9.17) is 4.74 Å². The molecule has 1 aliphatic rings. The third-order valence-electron chi connectivity index (χ3n) is 4.13. The largest absolute Gasteiger partial charge is 0.444 e.